The van der Waals surface area contributed by atoms with Crippen molar-refractivity contribution in [1.29, 1.82) is 0 Å². The summed E-state index contributed by atoms with van der Waals surface area (Å²) in [6.07, 6.45) is 3.26. The largest absolute Gasteiger partial charge is 0.368 e. The van der Waals surface area contributed by atoms with Crippen molar-refractivity contribution >= 4 is 17.4 Å². The van der Waals surface area contributed by atoms with Crippen LogP contribution in [0, 0.1) is 0 Å². The molecule has 6 nitrogen and oxygen atoms in total. The monoisotopic (exact) mass is 387 g/mol. The Kier molecular flexibility index (Phi) is 5.70. The normalized spacial score (nSPS) is 14.0. The maximum absolute atomic E-state index is 12.8. The Morgan fingerprint density at radius 2 is 1.55 bits per heavy atom. The second kappa shape index (κ2) is 8.73. The Morgan fingerprint density at radius 3 is 2.17 bits per heavy atom. The highest BCUT2D eigenvalue weighted by Crippen LogP contribution is 2.17. The molecule has 29 heavy (non-hydrogen) atoms. The molecule has 0 saturated carbocycles. The highest BCUT2D eigenvalue weighted by atomic mass is 16.2. The molecule has 0 unspecified atom stereocenters. The number of nitrogens with zero attached hydrogens (tertiary/aromatic N) is 5. The first-order valence-electron chi connectivity index (χ1n) is 9.87. The van der Waals surface area contributed by atoms with Gasteiger partial charge in [-0.2, -0.15) is 0 Å². The predicted molar refractivity (Wildman–Crippen MR) is 115 cm³/mol. The van der Waals surface area contributed by atoms with Gasteiger partial charge in [0.1, 0.15) is 11.5 Å². The maximum Gasteiger partial charge on any atom is 0.274 e. The number of hydrogen-bond donors (Lipinski definition) is 0. The molecule has 148 valence electrons. The SMILES string of the molecule is CN(Cc1ccccc1)c1cnc(C(=O)N2CCN(c3ccccc3)CC2)cn1. The minimum Gasteiger partial charge on any atom is -0.368 e. The number of benzene rings is 2. The number of rotatable bonds is 5. The van der Waals surface area contributed by atoms with Crippen LogP contribution >= 0.6 is 0 Å². The van der Waals surface area contributed by atoms with Gasteiger partial charge >= 0.3 is 0 Å². The Morgan fingerprint density at radius 1 is 0.897 bits per heavy atom. The summed E-state index contributed by atoms with van der Waals surface area (Å²) >= 11 is 0. The van der Waals surface area contributed by atoms with Crippen molar-refractivity contribution in [3.63, 3.8) is 0 Å². The minimum atomic E-state index is -0.0533. The first-order valence-corrected chi connectivity index (χ1v) is 9.87. The van der Waals surface area contributed by atoms with Crippen molar-refractivity contribution < 1.29 is 4.79 Å². The molecule has 0 radical (unpaired) electrons. The third kappa shape index (κ3) is 4.54. The van der Waals surface area contributed by atoms with Gasteiger partial charge in [-0.1, -0.05) is 48.5 Å². The van der Waals surface area contributed by atoms with E-state index in [0.717, 1.165) is 25.5 Å². The number of carbonyl (C=O) groups excluding carboxylic acids is 1. The zero-order chi connectivity index (χ0) is 20.1. The Bertz CT molecular complexity index is 923. The van der Waals surface area contributed by atoms with Crippen LogP contribution in [0.15, 0.2) is 73.1 Å². The summed E-state index contributed by atoms with van der Waals surface area (Å²) in [6.45, 7) is 3.75. The highest BCUT2D eigenvalue weighted by molar-refractivity contribution is 5.92. The lowest BCUT2D eigenvalue weighted by Gasteiger charge is -2.36. The number of hydrogen-bond acceptors (Lipinski definition) is 5. The second-order valence-corrected chi connectivity index (χ2v) is 7.22. The fraction of sp³-hybridized carbons (Fsp3) is 0.261. The van der Waals surface area contributed by atoms with Gasteiger partial charge in [-0.3, -0.25) is 4.79 Å². The molecule has 1 aromatic heterocycles. The van der Waals surface area contributed by atoms with E-state index in [1.54, 1.807) is 12.4 Å². The molecule has 6 heteroatoms. The van der Waals surface area contributed by atoms with Crippen LogP contribution < -0.4 is 9.80 Å². The summed E-state index contributed by atoms with van der Waals surface area (Å²) in [5.74, 6) is 0.696. The second-order valence-electron chi connectivity index (χ2n) is 7.22. The first-order chi connectivity index (χ1) is 14.2. The Balaban J connectivity index is 1.35. The van der Waals surface area contributed by atoms with Crippen LogP contribution in [0.4, 0.5) is 11.5 Å². The van der Waals surface area contributed by atoms with Gasteiger partial charge in [0.05, 0.1) is 12.4 Å². The van der Waals surface area contributed by atoms with Gasteiger partial charge in [-0.15, -0.1) is 0 Å². The zero-order valence-electron chi connectivity index (χ0n) is 16.6. The van der Waals surface area contributed by atoms with E-state index >= 15 is 0 Å². The van der Waals surface area contributed by atoms with Crippen LogP contribution in [-0.2, 0) is 6.54 Å². The van der Waals surface area contributed by atoms with Crippen LogP contribution in [0.3, 0.4) is 0 Å². The molecule has 0 spiro atoms. The van der Waals surface area contributed by atoms with Crippen molar-refractivity contribution in [3.8, 4) is 0 Å². The number of aromatic nitrogens is 2. The number of para-hydroxylation sites is 1. The van der Waals surface area contributed by atoms with Gasteiger partial charge < -0.3 is 14.7 Å². The van der Waals surface area contributed by atoms with Crippen LogP contribution in [0.2, 0.25) is 0 Å². The van der Waals surface area contributed by atoms with Gasteiger partial charge in [0.2, 0.25) is 0 Å². The molecule has 1 amide bonds. The molecule has 0 atom stereocenters. The summed E-state index contributed by atoms with van der Waals surface area (Å²) in [5.41, 5.74) is 2.80. The summed E-state index contributed by atoms with van der Waals surface area (Å²) < 4.78 is 0. The molecule has 0 N–H and O–H groups in total. The maximum atomic E-state index is 12.8. The van der Waals surface area contributed by atoms with E-state index in [1.165, 1.54) is 11.3 Å². The van der Waals surface area contributed by atoms with E-state index in [-0.39, 0.29) is 5.91 Å². The van der Waals surface area contributed by atoms with Crippen molar-refractivity contribution in [2.75, 3.05) is 43.0 Å². The molecule has 4 rings (SSSR count). The van der Waals surface area contributed by atoms with Gasteiger partial charge in [-0.05, 0) is 17.7 Å². The molecule has 1 fully saturated rings. The smallest absolute Gasteiger partial charge is 0.274 e. The summed E-state index contributed by atoms with van der Waals surface area (Å²) in [6, 6.07) is 20.5. The third-order valence-electron chi connectivity index (χ3n) is 5.20. The first kappa shape index (κ1) is 18.9. The van der Waals surface area contributed by atoms with Gasteiger partial charge in [0.15, 0.2) is 0 Å². The summed E-state index contributed by atoms with van der Waals surface area (Å²) in [5, 5.41) is 0. The molecule has 2 heterocycles. The molecule has 0 bridgehead atoms. The van der Waals surface area contributed by atoms with Gasteiger partial charge in [0.25, 0.3) is 5.91 Å². The van der Waals surface area contributed by atoms with E-state index in [2.05, 4.69) is 39.1 Å². The van der Waals surface area contributed by atoms with Crippen molar-refractivity contribution in [2.24, 2.45) is 0 Å². The minimum absolute atomic E-state index is 0.0533. The van der Waals surface area contributed by atoms with Crippen LogP contribution in [0.5, 0.6) is 0 Å². The number of amides is 1. The molecule has 1 saturated heterocycles. The average Bonchev–Trinajstić information content (AvgIpc) is 2.80. The van der Waals surface area contributed by atoms with E-state index in [0.29, 0.717) is 18.8 Å². The third-order valence-corrected chi connectivity index (χ3v) is 5.20. The number of carbonyl (C=O) groups is 1. The van der Waals surface area contributed by atoms with Crippen LogP contribution in [0.25, 0.3) is 0 Å². The molecule has 0 aliphatic carbocycles. The van der Waals surface area contributed by atoms with E-state index in [1.807, 2.05) is 53.2 Å². The van der Waals surface area contributed by atoms with E-state index < -0.39 is 0 Å². The molecular formula is C23H25N5O. The number of anilines is 2. The fourth-order valence-electron chi connectivity index (χ4n) is 3.54. The van der Waals surface area contributed by atoms with Crippen LogP contribution in [-0.4, -0.2) is 54.0 Å². The summed E-state index contributed by atoms with van der Waals surface area (Å²) in [7, 11) is 1.97. The average molecular weight is 387 g/mol. The van der Waals surface area contributed by atoms with Crippen molar-refractivity contribution in [3.05, 3.63) is 84.3 Å². The zero-order valence-corrected chi connectivity index (χ0v) is 16.6. The lowest BCUT2D eigenvalue weighted by molar-refractivity contribution is 0.0740. The standard InChI is InChI=1S/C23H25N5O/c1-26(18-19-8-4-2-5-9-19)22-17-24-21(16-25-22)23(29)28-14-12-27(13-15-28)20-10-6-3-7-11-20/h2-11,16-17H,12-15,18H2,1H3. The van der Waals surface area contributed by atoms with Gasteiger partial charge in [-0.25, -0.2) is 9.97 Å². The Hall–Kier alpha value is -3.41. The van der Waals surface area contributed by atoms with E-state index in [9.17, 15) is 4.79 Å². The van der Waals surface area contributed by atoms with Crippen molar-refractivity contribution in [2.45, 2.75) is 6.54 Å². The quantitative estimate of drug-likeness (QED) is 0.673. The molecule has 2 aromatic carbocycles. The van der Waals surface area contributed by atoms with Crippen LogP contribution in [0.1, 0.15) is 16.1 Å². The molecule has 1 aliphatic heterocycles. The number of piperazine rings is 1. The molecule has 1 aliphatic rings. The summed E-state index contributed by atoms with van der Waals surface area (Å²) in [4.78, 5) is 27.8. The van der Waals surface area contributed by atoms with Gasteiger partial charge in [0, 0.05) is 45.5 Å². The topological polar surface area (TPSA) is 52.6 Å². The highest BCUT2D eigenvalue weighted by Gasteiger charge is 2.23. The lowest BCUT2D eigenvalue weighted by atomic mass is 10.2. The fourth-order valence-corrected chi connectivity index (χ4v) is 3.54. The molecular weight excluding hydrogens is 362 g/mol. The lowest BCUT2D eigenvalue weighted by Crippen LogP contribution is -2.49. The van der Waals surface area contributed by atoms with E-state index in [4.69, 9.17) is 0 Å². The van der Waals surface area contributed by atoms with Crippen molar-refractivity contribution in [1.82, 2.24) is 14.9 Å². The Labute approximate surface area is 171 Å². The predicted octanol–water partition coefficient (Wildman–Crippen LogP) is 3.08. The molecule has 3 aromatic rings.